The molecule has 0 unspecified atom stereocenters. The van der Waals surface area contributed by atoms with Crippen LogP contribution in [-0.2, 0) is 0 Å². The van der Waals surface area contributed by atoms with E-state index in [2.05, 4.69) is 29.6 Å². The van der Waals surface area contributed by atoms with Gasteiger partial charge in [-0.3, -0.25) is 0 Å². The molecule has 0 heterocycles. The Balaban J connectivity index is 1.94. The second kappa shape index (κ2) is 7.71. The van der Waals surface area contributed by atoms with Gasteiger partial charge in [-0.05, 0) is 25.0 Å². The van der Waals surface area contributed by atoms with Crippen molar-refractivity contribution in [2.75, 3.05) is 26.7 Å². The zero-order valence-corrected chi connectivity index (χ0v) is 13.4. The third kappa shape index (κ3) is 4.64. The van der Waals surface area contributed by atoms with Crippen LogP contribution in [0, 0.1) is 0 Å². The van der Waals surface area contributed by atoms with Crippen molar-refractivity contribution in [1.29, 1.82) is 0 Å². The maximum absolute atomic E-state index is 12.0. The number of benzene rings is 1. The van der Waals surface area contributed by atoms with Crippen molar-refractivity contribution < 1.29 is 9.90 Å². The maximum atomic E-state index is 12.0. The molecule has 2 N–H and O–H groups in total. The quantitative estimate of drug-likeness (QED) is 0.849. The van der Waals surface area contributed by atoms with Gasteiger partial charge >= 0.3 is 6.03 Å². The Morgan fingerprint density at radius 3 is 2.62 bits per heavy atom. The Labute approximate surface area is 130 Å². The first-order valence-electron chi connectivity index (χ1n) is 7.49. The van der Waals surface area contributed by atoms with Gasteiger partial charge in [0.05, 0.1) is 6.61 Å². The summed E-state index contributed by atoms with van der Waals surface area (Å²) in [7, 11) is 1.71. The summed E-state index contributed by atoms with van der Waals surface area (Å²) in [5, 5.41) is 11.9. The highest BCUT2D eigenvalue weighted by molar-refractivity contribution is 8.00. The van der Waals surface area contributed by atoms with Gasteiger partial charge in [0, 0.05) is 29.8 Å². The Morgan fingerprint density at radius 1 is 1.33 bits per heavy atom. The number of aliphatic hydroxyl groups is 1. The minimum absolute atomic E-state index is 0.00612. The third-order valence-electron chi connectivity index (χ3n) is 3.94. The van der Waals surface area contributed by atoms with Gasteiger partial charge in [-0.1, -0.05) is 31.0 Å². The molecular weight excluding hydrogens is 284 g/mol. The summed E-state index contributed by atoms with van der Waals surface area (Å²) in [6.07, 6.45) is 4.72. The summed E-state index contributed by atoms with van der Waals surface area (Å²) in [6, 6.07) is 10.3. The first-order valence-corrected chi connectivity index (χ1v) is 8.31. The van der Waals surface area contributed by atoms with E-state index in [1.807, 2.05) is 17.8 Å². The standard InChI is InChI=1S/C16H24N2O2S/c1-18(11-12-19)15(20)17-13-16(9-5-6-10-16)21-14-7-3-2-4-8-14/h2-4,7-8,19H,5-6,9-13H2,1H3,(H,17,20). The average molecular weight is 308 g/mol. The van der Waals surface area contributed by atoms with Gasteiger partial charge in [0.2, 0.25) is 0 Å². The molecule has 4 nitrogen and oxygen atoms in total. The van der Waals surface area contributed by atoms with E-state index in [9.17, 15) is 4.79 Å². The summed E-state index contributed by atoms with van der Waals surface area (Å²) >= 11 is 1.88. The number of likely N-dealkylation sites (N-methyl/N-ethyl adjacent to an activating group) is 1. The van der Waals surface area contributed by atoms with E-state index in [0.29, 0.717) is 13.1 Å². The molecule has 0 spiro atoms. The number of urea groups is 1. The fourth-order valence-corrected chi connectivity index (χ4v) is 4.13. The van der Waals surface area contributed by atoms with Crippen molar-refractivity contribution in [3.8, 4) is 0 Å². The van der Waals surface area contributed by atoms with Gasteiger partial charge in [-0.25, -0.2) is 4.79 Å². The molecule has 116 valence electrons. The third-order valence-corrected chi connectivity index (χ3v) is 5.43. The molecule has 1 saturated carbocycles. The minimum Gasteiger partial charge on any atom is -0.395 e. The molecule has 2 amide bonds. The fourth-order valence-electron chi connectivity index (χ4n) is 2.70. The van der Waals surface area contributed by atoms with E-state index in [4.69, 9.17) is 5.11 Å². The number of carbonyl (C=O) groups excluding carboxylic acids is 1. The van der Waals surface area contributed by atoms with Gasteiger partial charge < -0.3 is 15.3 Å². The molecule has 1 fully saturated rings. The molecule has 1 aliphatic rings. The molecule has 1 aromatic rings. The smallest absolute Gasteiger partial charge is 0.317 e. The van der Waals surface area contributed by atoms with Crippen LogP contribution in [-0.4, -0.2) is 47.5 Å². The second-order valence-corrected chi connectivity index (χ2v) is 7.15. The van der Waals surface area contributed by atoms with Crippen LogP contribution in [0.1, 0.15) is 25.7 Å². The van der Waals surface area contributed by atoms with E-state index in [0.717, 1.165) is 12.8 Å². The largest absolute Gasteiger partial charge is 0.395 e. The van der Waals surface area contributed by atoms with Crippen LogP contribution in [0.25, 0.3) is 0 Å². The van der Waals surface area contributed by atoms with E-state index < -0.39 is 0 Å². The van der Waals surface area contributed by atoms with Crippen LogP contribution in [0.5, 0.6) is 0 Å². The highest BCUT2D eigenvalue weighted by Crippen LogP contribution is 2.44. The molecule has 0 saturated heterocycles. The van der Waals surface area contributed by atoms with E-state index >= 15 is 0 Å². The fraction of sp³-hybridized carbons (Fsp3) is 0.562. The zero-order chi connectivity index (χ0) is 15.1. The SMILES string of the molecule is CN(CCO)C(=O)NCC1(Sc2ccccc2)CCCC1. The summed E-state index contributed by atoms with van der Waals surface area (Å²) in [4.78, 5) is 14.8. The number of thioether (sulfide) groups is 1. The Hall–Kier alpha value is -1.20. The van der Waals surface area contributed by atoms with Crippen LogP contribution in [0.3, 0.4) is 0 Å². The first kappa shape index (κ1) is 16.2. The van der Waals surface area contributed by atoms with Crippen LogP contribution in [0.15, 0.2) is 35.2 Å². The molecule has 0 radical (unpaired) electrons. The van der Waals surface area contributed by atoms with Crippen molar-refractivity contribution in [3.63, 3.8) is 0 Å². The van der Waals surface area contributed by atoms with Crippen LogP contribution in [0.2, 0.25) is 0 Å². The lowest BCUT2D eigenvalue weighted by Gasteiger charge is -2.29. The lowest BCUT2D eigenvalue weighted by atomic mass is 10.1. The monoisotopic (exact) mass is 308 g/mol. The van der Waals surface area contributed by atoms with Crippen LogP contribution in [0.4, 0.5) is 4.79 Å². The van der Waals surface area contributed by atoms with Gasteiger partial charge in [-0.15, -0.1) is 11.8 Å². The molecule has 0 bridgehead atoms. The lowest BCUT2D eigenvalue weighted by molar-refractivity contribution is 0.189. The first-order chi connectivity index (χ1) is 10.2. The number of aliphatic hydroxyl groups excluding tert-OH is 1. The number of nitrogens with one attached hydrogen (secondary N) is 1. The molecule has 0 aromatic heterocycles. The van der Waals surface area contributed by atoms with Crippen LogP contribution < -0.4 is 5.32 Å². The summed E-state index contributed by atoms with van der Waals surface area (Å²) < 4.78 is 0.108. The molecule has 0 aliphatic heterocycles. The molecule has 21 heavy (non-hydrogen) atoms. The Bertz CT molecular complexity index is 447. The highest BCUT2D eigenvalue weighted by Gasteiger charge is 2.35. The van der Waals surface area contributed by atoms with E-state index in [-0.39, 0.29) is 17.4 Å². The van der Waals surface area contributed by atoms with Gasteiger partial charge in [0.1, 0.15) is 0 Å². The number of hydrogen-bond donors (Lipinski definition) is 2. The predicted molar refractivity (Wildman–Crippen MR) is 86.6 cm³/mol. The van der Waals surface area contributed by atoms with Gasteiger partial charge in [-0.2, -0.15) is 0 Å². The molecule has 2 rings (SSSR count). The van der Waals surface area contributed by atoms with Crippen molar-refractivity contribution >= 4 is 17.8 Å². The number of nitrogens with zero attached hydrogens (tertiary/aromatic N) is 1. The van der Waals surface area contributed by atoms with Gasteiger partial charge in [0.15, 0.2) is 0 Å². The van der Waals surface area contributed by atoms with E-state index in [1.54, 1.807) is 7.05 Å². The number of rotatable bonds is 6. The average Bonchev–Trinajstić information content (AvgIpc) is 2.95. The molecule has 1 aliphatic carbocycles. The summed E-state index contributed by atoms with van der Waals surface area (Å²) in [5.74, 6) is 0. The van der Waals surface area contributed by atoms with Crippen LogP contribution >= 0.6 is 11.8 Å². The lowest BCUT2D eigenvalue weighted by Crippen LogP contribution is -2.45. The van der Waals surface area contributed by atoms with Crippen molar-refractivity contribution in [3.05, 3.63) is 30.3 Å². The molecule has 5 heteroatoms. The molecular formula is C16H24N2O2S. The normalized spacial score (nSPS) is 16.7. The molecule has 1 aromatic carbocycles. The van der Waals surface area contributed by atoms with Crippen molar-refractivity contribution in [1.82, 2.24) is 10.2 Å². The maximum Gasteiger partial charge on any atom is 0.317 e. The van der Waals surface area contributed by atoms with Gasteiger partial charge in [0.25, 0.3) is 0 Å². The topological polar surface area (TPSA) is 52.6 Å². The number of carbonyl (C=O) groups is 1. The number of amides is 2. The zero-order valence-electron chi connectivity index (χ0n) is 12.5. The minimum atomic E-state index is -0.107. The molecule has 0 atom stereocenters. The van der Waals surface area contributed by atoms with Crippen molar-refractivity contribution in [2.24, 2.45) is 0 Å². The second-order valence-electron chi connectivity index (χ2n) is 5.61. The van der Waals surface area contributed by atoms with Crippen molar-refractivity contribution in [2.45, 2.75) is 35.3 Å². The highest BCUT2D eigenvalue weighted by atomic mass is 32.2. The Kier molecular flexibility index (Phi) is 5.94. The Morgan fingerprint density at radius 2 is 2.00 bits per heavy atom. The summed E-state index contributed by atoms with van der Waals surface area (Å²) in [6.45, 7) is 1.04. The van der Waals surface area contributed by atoms with E-state index in [1.165, 1.54) is 22.6 Å². The number of hydrogen-bond acceptors (Lipinski definition) is 3. The summed E-state index contributed by atoms with van der Waals surface area (Å²) in [5.41, 5.74) is 0. The predicted octanol–water partition coefficient (Wildman–Crippen LogP) is 2.73.